The fourth-order valence-electron chi connectivity index (χ4n) is 3.28. The summed E-state index contributed by atoms with van der Waals surface area (Å²) in [5.41, 5.74) is 1.14. The number of morpholine rings is 1. The summed E-state index contributed by atoms with van der Waals surface area (Å²) in [6.07, 6.45) is 1.86. The molecule has 0 spiro atoms. The molecule has 1 aromatic carbocycles. The number of benzene rings is 1. The van der Waals surface area contributed by atoms with E-state index in [-0.39, 0.29) is 6.03 Å². The van der Waals surface area contributed by atoms with Crippen LogP contribution in [-0.4, -0.2) is 67.8 Å². The summed E-state index contributed by atoms with van der Waals surface area (Å²) in [6.45, 7) is 5.88. The lowest BCUT2D eigenvalue weighted by Crippen LogP contribution is -2.46. The Morgan fingerprint density at radius 1 is 1.30 bits per heavy atom. The van der Waals surface area contributed by atoms with Crippen molar-refractivity contribution in [1.29, 1.82) is 0 Å². The maximum atomic E-state index is 12.3. The summed E-state index contributed by atoms with van der Waals surface area (Å²) >= 11 is 5.97. The number of amides is 2. The van der Waals surface area contributed by atoms with Crippen LogP contribution in [0.4, 0.5) is 4.79 Å². The maximum Gasteiger partial charge on any atom is 0.317 e. The standard InChI is InChI=1S/C17H24ClN3O2/c18-15-3-1-2-14(12-15)4-6-19-17(22)21-7-5-16(13-21)20-8-10-23-11-9-20/h1-3,12,16H,4-11,13H2,(H,19,22)/t16-/m0/s1. The molecule has 2 fully saturated rings. The van der Waals surface area contributed by atoms with E-state index in [1.54, 1.807) is 0 Å². The molecule has 6 heteroatoms. The van der Waals surface area contributed by atoms with Crippen LogP contribution < -0.4 is 5.32 Å². The molecule has 2 amide bonds. The number of carbonyl (C=O) groups excluding carboxylic acids is 1. The molecule has 23 heavy (non-hydrogen) atoms. The highest BCUT2D eigenvalue weighted by atomic mass is 35.5. The molecule has 0 saturated carbocycles. The van der Waals surface area contributed by atoms with E-state index in [0.29, 0.717) is 12.6 Å². The monoisotopic (exact) mass is 337 g/mol. The van der Waals surface area contributed by atoms with Crippen LogP contribution in [0.1, 0.15) is 12.0 Å². The van der Waals surface area contributed by atoms with Crippen molar-refractivity contribution in [3.05, 3.63) is 34.9 Å². The summed E-state index contributed by atoms with van der Waals surface area (Å²) in [5.74, 6) is 0. The van der Waals surface area contributed by atoms with Gasteiger partial charge in [-0.2, -0.15) is 0 Å². The first-order chi connectivity index (χ1) is 11.2. The molecule has 1 N–H and O–H groups in total. The van der Waals surface area contributed by atoms with Crippen molar-refractivity contribution in [1.82, 2.24) is 15.1 Å². The molecule has 0 bridgehead atoms. The highest BCUT2D eigenvalue weighted by molar-refractivity contribution is 6.30. The molecule has 2 aliphatic heterocycles. The predicted octanol–water partition coefficient (Wildman–Crippen LogP) is 2.00. The molecule has 3 rings (SSSR count). The van der Waals surface area contributed by atoms with Crippen molar-refractivity contribution >= 4 is 17.6 Å². The van der Waals surface area contributed by atoms with E-state index in [2.05, 4.69) is 10.2 Å². The van der Waals surface area contributed by atoms with Gasteiger partial charge in [-0.05, 0) is 30.5 Å². The van der Waals surface area contributed by atoms with E-state index in [9.17, 15) is 4.79 Å². The smallest absolute Gasteiger partial charge is 0.317 e. The zero-order valence-electron chi connectivity index (χ0n) is 13.3. The molecule has 2 saturated heterocycles. The Morgan fingerprint density at radius 3 is 2.91 bits per heavy atom. The third-order valence-corrected chi connectivity index (χ3v) is 4.83. The topological polar surface area (TPSA) is 44.8 Å². The second-order valence-corrected chi connectivity index (χ2v) is 6.59. The molecule has 0 unspecified atom stereocenters. The van der Waals surface area contributed by atoms with E-state index in [0.717, 1.165) is 62.8 Å². The van der Waals surface area contributed by atoms with E-state index >= 15 is 0 Å². The Hall–Kier alpha value is -1.30. The van der Waals surface area contributed by atoms with E-state index < -0.39 is 0 Å². The summed E-state index contributed by atoms with van der Waals surface area (Å²) in [7, 11) is 0. The van der Waals surface area contributed by atoms with Crippen molar-refractivity contribution in [3.63, 3.8) is 0 Å². The number of hydrogen-bond acceptors (Lipinski definition) is 3. The molecule has 1 atom stereocenters. The number of halogens is 1. The molecule has 1 aromatic rings. The van der Waals surface area contributed by atoms with Crippen LogP contribution >= 0.6 is 11.6 Å². The largest absolute Gasteiger partial charge is 0.379 e. The maximum absolute atomic E-state index is 12.3. The van der Waals surface area contributed by atoms with Gasteiger partial charge in [0, 0.05) is 43.8 Å². The van der Waals surface area contributed by atoms with Gasteiger partial charge in [0.25, 0.3) is 0 Å². The average molecular weight is 338 g/mol. The van der Waals surface area contributed by atoms with Gasteiger partial charge in [0.1, 0.15) is 0 Å². The molecule has 2 heterocycles. The first-order valence-corrected chi connectivity index (χ1v) is 8.69. The minimum atomic E-state index is 0.0442. The van der Waals surface area contributed by atoms with Crippen molar-refractivity contribution in [2.75, 3.05) is 45.9 Å². The van der Waals surface area contributed by atoms with Crippen molar-refractivity contribution in [2.24, 2.45) is 0 Å². The van der Waals surface area contributed by atoms with Crippen LogP contribution in [0.25, 0.3) is 0 Å². The Labute approximate surface area is 142 Å². The van der Waals surface area contributed by atoms with Crippen molar-refractivity contribution in [3.8, 4) is 0 Å². The number of nitrogens with zero attached hydrogens (tertiary/aromatic N) is 2. The van der Waals surface area contributed by atoms with Crippen LogP contribution in [0.2, 0.25) is 5.02 Å². The Bertz CT molecular complexity index is 534. The molecule has 5 nitrogen and oxygen atoms in total. The first kappa shape index (κ1) is 16.6. The van der Waals surface area contributed by atoms with E-state index in [1.165, 1.54) is 0 Å². The molecule has 0 aromatic heterocycles. The number of rotatable bonds is 4. The summed E-state index contributed by atoms with van der Waals surface area (Å²) < 4.78 is 5.39. The third kappa shape index (κ3) is 4.59. The van der Waals surface area contributed by atoms with Crippen LogP contribution in [-0.2, 0) is 11.2 Å². The SMILES string of the molecule is O=C(NCCc1cccc(Cl)c1)N1CC[C@H](N2CCOCC2)C1. The average Bonchev–Trinajstić information content (AvgIpc) is 3.06. The van der Waals surface area contributed by atoms with Gasteiger partial charge >= 0.3 is 6.03 Å². The second-order valence-electron chi connectivity index (χ2n) is 6.15. The Morgan fingerprint density at radius 2 is 2.13 bits per heavy atom. The van der Waals surface area contributed by atoms with E-state index in [4.69, 9.17) is 16.3 Å². The molecular weight excluding hydrogens is 314 g/mol. The minimum Gasteiger partial charge on any atom is -0.379 e. The van der Waals surface area contributed by atoms with Gasteiger partial charge in [0.05, 0.1) is 13.2 Å². The minimum absolute atomic E-state index is 0.0442. The number of likely N-dealkylation sites (tertiary alicyclic amines) is 1. The molecule has 0 radical (unpaired) electrons. The van der Waals surface area contributed by atoms with E-state index in [1.807, 2.05) is 29.2 Å². The number of carbonyl (C=O) groups is 1. The summed E-state index contributed by atoms with van der Waals surface area (Å²) in [4.78, 5) is 16.7. The second kappa shape index (κ2) is 7.99. The van der Waals surface area contributed by atoms with Gasteiger partial charge in [0.15, 0.2) is 0 Å². The lowest BCUT2D eigenvalue weighted by Gasteiger charge is -2.32. The first-order valence-electron chi connectivity index (χ1n) is 8.31. The van der Waals surface area contributed by atoms with Gasteiger partial charge in [-0.1, -0.05) is 23.7 Å². The number of nitrogens with one attached hydrogen (secondary N) is 1. The fraction of sp³-hybridized carbons (Fsp3) is 0.588. The van der Waals surface area contributed by atoms with Gasteiger partial charge in [0.2, 0.25) is 0 Å². The van der Waals surface area contributed by atoms with Crippen LogP contribution in [0.3, 0.4) is 0 Å². The normalized spacial score (nSPS) is 22.3. The summed E-state index contributed by atoms with van der Waals surface area (Å²) in [5, 5.41) is 3.75. The zero-order valence-corrected chi connectivity index (χ0v) is 14.1. The lowest BCUT2D eigenvalue weighted by atomic mass is 10.1. The Balaban J connectivity index is 1.40. The van der Waals surface area contributed by atoms with Crippen LogP contribution in [0.15, 0.2) is 24.3 Å². The van der Waals surface area contributed by atoms with Gasteiger partial charge < -0.3 is 15.0 Å². The molecule has 0 aliphatic carbocycles. The van der Waals surface area contributed by atoms with Gasteiger partial charge in [-0.15, -0.1) is 0 Å². The fourth-order valence-corrected chi connectivity index (χ4v) is 3.50. The molecule has 2 aliphatic rings. The van der Waals surface area contributed by atoms with Gasteiger partial charge in [-0.3, -0.25) is 4.90 Å². The van der Waals surface area contributed by atoms with Crippen LogP contribution in [0, 0.1) is 0 Å². The molecule has 126 valence electrons. The lowest BCUT2D eigenvalue weighted by molar-refractivity contribution is 0.0191. The summed E-state index contributed by atoms with van der Waals surface area (Å²) in [6, 6.07) is 8.30. The van der Waals surface area contributed by atoms with Crippen molar-refractivity contribution in [2.45, 2.75) is 18.9 Å². The quantitative estimate of drug-likeness (QED) is 0.914. The zero-order chi connectivity index (χ0) is 16.1. The highest BCUT2D eigenvalue weighted by Crippen LogP contribution is 2.17. The molecular formula is C17H24ClN3O2. The number of urea groups is 1. The van der Waals surface area contributed by atoms with Gasteiger partial charge in [-0.25, -0.2) is 4.79 Å². The Kier molecular flexibility index (Phi) is 5.75. The highest BCUT2D eigenvalue weighted by Gasteiger charge is 2.30. The predicted molar refractivity (Wildman–Crippen MR) is 90.9 cm³/mol. The van der Waals surface area contributed by atoms with Crippen molar-refractivity contribution < 1.29 is 9.53 Å². The number of hydrogen-bond donors (Lipinski definition) is 1. The number of ether oxygens (including phenoxy) is 1. The van der Waals surface area contributed by atoms with Crippen LogP contribution in [0.5, 0.6) is 0 Å². The third-order valence-electron chi connectivity index (χ3n) is 4.59.